The summed E-state index contributed by atoms with van der Waals surface area (Å²) >= 11 is 1.16. The Bertz CT molecular complexity index is 1010. The Morgan fingerprint density at radius 3 is 2.76 bits per heavy atom. The first-order chi connectivity index (χ1) is 14.1. The van der Waals surface area contributed by atoms with Crippen molar-refractivity contribution in [1.29, 1.82) is 0 Å². The van der Waals surface area contributed by atoms with Crippen LogP contribution in [0.15, 0.2) is 53.7 Å². The van der Waals surface area contributed by atoms with E-state index >= 15 is 0 Å². The van der Waals surface area contributed by atoms with Crippen LogP contribution in [-0.2, 0) is 4.79 Å². The van der Waals surface area contributed by atoms with Crippen LogP contribution in [-0.4, -0.2) is 45.8 Å². The second-order valence-corrected chi connectivity index (χ2v) is 7.22. The number of aromatic nitrogens is 3. The number of benzene rings is 2. The molecule has 10 heteroatoms. The van der Waals surface area contributed by atoms with Gasteiger partial charge in [0, 0.05) is 5.56 Å². The summed E-state index contributed by atoms with van der Waals surface area (Å²) in [5.41, 5.74) is 0.632. The van der Waals surface area contributed by atoms with Gasteiger partial charge in [0.15, 0.2) is 17.3 Å². The maximum atomic E-state index is 13.1. The fraction of sp³-hybridized carbons (Fsp3) is 0.211. The number of nitrogens with two attached hydrogens (primary N) is 1. The molecule has 1 aliphatic rings. The summed E-state index contributed by atoms with van der Waals surface area (Å²) < 4.78 is 25.8. The smallest absolute Gasteiger partial charge is 0.230 e. The normalized spacial score (nSPS) is 15.1. The van der Waals surface area contributed by atoms with Gasteiger partial charge in [-0.1, -0.05) is 23.9 Å². The van der Waals surface area contributed by atoms with E-state index in [9.17, 15) is 9.18 Å². The van der Waals surface area contributed by atoms with E-state index in [1.165, 1.54) is 16.8 Å². The van der Waals surface area contributed by atoms with Crippen LogP contribution < -0.4 is 20.6 Å². The highest BCUT2D eigenvalue weighted by molar-refractivity contribution is 7.99. The van der Waals surface area contributed by atoms with Crippen molar-refractivity contribution in [1.82, 2.24) is 20.2 Å². The number of hydrogen-bond donors (Lipinski definition) is 2. The minimum Gasteiger partial charge on any atom is -0.486 e. The molecular weight excluding hydrogens is 397 g/mol. The number of amides is 1. The fourth-order valence-electron chi connectivity index (χ4n) is 2.74. The lowest BCUT2D eigenvalue weighted by atomic mass is 10.2. The molecule has 0 fully saturated rings. The first-order valence-electron chi connectivity index (χ1n) is 8.84. The summed E-state index contributed by atoms with van der Waals surface area (Å²) in [6, 6.07) is 13.2. The number of nitrogens with zero attached hydrogens (tertiary/aromatic N) is 3. The molecule has 0 bridgehead atoms. The van der Waals surface area contributed by atoms with E-state index in [4.69, 9.17) is 15.3 Å². The average Bonchev–Trinajstić information content (AvgIpc) is 3.11. The van der Waals surface area contributed by atoms with Gasteiger partial charge in [0.2, 0.25) is 11.1 Å². The summed E-state index contributed by atoms with van der Waals surface area (Å²) in [5.74, 6) is 7.33. The lowest BCUT2D eigenvalue weighted by Crippen LogP contribution is -2.41. The molecule has 29 heavy (non-hydrogen) atoms. The molecule has 2 heterocycles. The van der Waals surface area contributed by atoms with Crippen molar-refractivity contribution in [3.8, 4) is 22.9 Å². The third kappa shape index (κ3) is 4.43. The number of halogens is 1. The van der Waals surface area contributed by atoms with E-state index in [1.807, 2.05) is 24.3 Å². The molecular formula is C19H18FN5O3S. The summed E-state index contributed by atoms with van der Waals surface area (Å²) in [6.45, 7) is 0.687. The van der Waals surface area contributed by atoms with Crippen LogP contribution in [0.2, 0.25) is 0 Å². The molecule has 1 amide bonds. The summed E-state index contributed by atoms with van der Waals surface area (Å²) in [7, 11) is 0. The molecule has 0 spiro atoms. The van der Waals surface area contributed by atoms with E-state index in [1.54, 1.807) is 12.1 Å². The van der Waals surface area contributed by atoms with Crippen LogP contribution in [0.25, 0.3) is 11.4 Å². The molecule has 0 saturated carbocycles. The lowest BCUT2D eigenvalue weighted by molar-refractivity contribution is -0.119. The molecule has 0 unspecified atom stereocenters. The van der Waals surface area contributed by atoms with Crippen molar-refractivity contribution in [2.45, 2.75) is 11.3 Å². The van der Waals surface area contributed by atoms with Gasteiger partial charge >= 0.3 is 0 Å². The van der Waals surface area contributed by atoms with Crippen molar-refractivity contribution in [3.05, 3.63) is 54.3 Å². The summed E-state index contributed by atoms with van der Waals surface area (Å²) in [6.07, 6.45) is -0.262. The van der Waals surface area contributed by atoms with E-state index in [0.29, 0.717) is 41.2 Å². The third-order valence-electron chi connectivity index (χ3n) is 4.19. The molecule has 0 saturated heterocycles. The Labute approximate surface area is 170 Å². The summed E-state index contributed by atoms with van der Waals surface area (Å²) in [5, 5.41) is 11.2. The average molecular weight is 415 g/mol. The van der Waals surface area contributed by atoms with E-state index in [-0.39, 0.29) is 23.6 Å². The molecule has 0 radical (unpaired) electrons. The first kappa shape index (κ1) is 19.1. The fourth-order valence-corrected chi connectivity index (χ4v) is 3.43. The highest BCUT2D eigenvalue weighted by atomic mass is 32.2. The van der Waals surface area contributed by atoms with Gasteiger partial charge in [-0.2, -0.15) is 0 Å². The van der Waals surface area contributed by atoms with Gasteiger partial charge in [-0.05, 0) is 36.4 Å². The summed E-state index contributed by atoms with van der Waals surface area (Å²) in [4.78, 5) is 12.2. The minimum absolute atomic E-state index is 0.114. The van der Waals surface area contributed by atoms with E-state index < -0.39 is 0 Å². The zero-order chi connectivity index (χ0) is 20.2. The molecule has 1 aliphatic heterocycles. The number of nitrogens with one attached hydrogen (secondary N) is 1. The minimum atomic E-state index is -0.348. The zero-order valence-electron chi connectivity index (χ0n) is 15.2. The third-order valence-corrected chi connectivity index (χ3v) is 5.14. The quantitative estimate of drug-likeness (QED) is 0.468. The number of ether oxygens (including phenoxy) is 2. The number of carbonyl (C=O) groups excluding carboxylic acids is 1. The van der Waals surface area contributed by atoms with Crippen LogP contribution in [0.1, 0.15) is 0 Å². The van der Waals surface area contributed by atoms with Crippen LogP contribution in [0.4, 0.5) is 4.39 Å². The topological polar surface area (TPSA) is 104 Å². The van der Waals surface area contributed by atoms with Gasteiger partial charge in [-0.15, -0.1) is 10.2 Å². The van der Waals surface area contributed by atoms with Crippen molar-refractivity contribution >= 4 is 17.7 Å². The largest absolute Gasteiger partial charge is 0.486 e. The van der Waals surface area contributed by atoms with Crippen molar-refractivity contribution in [3.63, 3.8) is 0 Å². The van der Waals surface area contributed by atoms with Gasteiger partial charge in [0.25, 0.3) is 0 Å². The van der Waals surface area contributed by atoms with Gasteiger partial charge in [0.05, 0.1) is 12.3 Å². The molecule has 0 aliphatic carbocycles. The number of carbonyl (C=O) groups is 1. The number of hydrogen-bond acceptors (Lipinski definition) is 7. The second kappa shape index (κ2) is 8.39. The zero-order valence-corrected chi connectivity index (χ0v) is 16.1. The Kier molecular flexibility index (Phi) is 5.52. The maximum Gasteiger partial charge on any atom is 0.230 e. The highest BCUT2D eigenvalue weighted by Crippen LogP contribution is 2.30. The van der Waals surface area contributed by atoms with Crippen molar-refractivity contribution in [2.75, 3.05) is 24.7 Å². The molecule has 8 nitrogen and oxygen atoms in total. The number of thioether (sulfide) groups is 1. The Morgan fingerprint density at radius 1 is 1.21 bits per heavy atom. The van der Waals surface area contributed by atoms with Crippen LogP contribution in [0, 0.1) is 5.82 Å². The molecule has 2 aromatic carbocycles. The van der Waals surface area contributed by atoms with Gasteiger partial charge in [-0.3, -0.25) is 4.79 Å². The maximum absolute atomic E-state index is 13.1. The Hall–Kier alpha value is -3.27. The van der Waals surface area contributed by atoms with Gasteiger partial charge in [0.1, 0.15) is 18.5 Å². The molecule has 3 aromatic rings. The Balaban J connectivity index is 1.28. The number of para-hydroxylation sites is 2. The second-order valence-electron chi connectivity index (χ2n) is 6.27. The van der Waals surface area contributed by atoms with Crippen molar-refractivity contribution in [2.24, 2.45) is 0 Å². The first-order valence-corrected chi connectivity index (χ1v) is 9.83. The highest BCUT2D eigenvalue weighted by Gasteiger charge is 2.21. The molecule has 1 atom stereocenters. The van der Waals surface area contributed by atoms with Crippen molar-refractivity contribution < 1.29 is 18.7 Å². The van der Waals surface area contributed by atoms with Crippen LogP contribution in [0.3, 0.4) is 0 Å². The lowest BCUT2D eigenvalue weighted by Gasteiger charge is -2.26. The number of fused-ring (bicyclic) bond motifs is 1. The monoisotopic (exact) mass is 415 g/mol. The van der Waals surface area contributed by atoms with E-state index in [0.717, 1.165) is 11.8 Å². The number of rotatable bonds is 6. The standard InChI is InChI=1S/C19H18FN5O3S/c20-13-7-5-12(6-8-13)18-23-24-19(25(18)21)29-11-17(26)22-9-14-10-27-15-3-1-2-4-16(15)28-14/h1-8,14H,9-11,21H2,(H,22,26)/t14-/m0/s1. The van der Waals surface area contributed by atoms with Crippen LogP contribution >= 0.6 is 11.8 Å². The number of nitrogen functional groups attached to an aromatic ring is 1. The van der Waals surface area contributed by atoms with E-state index in [2.05, 4.69) is 15.5 Å². The van der Waals surface area contributed by atoms with Crippen LogP contribution in [0.5, 0.6) is 11.5 Å². The molecule has 3 N–H and O–H groups in total. The molecule has 4 rings (SSSR count). The van der Waals surface area contributed by atoms with Gasteiger partial charge < -0.3 is 20.6 Å². The predicted octanol–water partition coefficient (Wildman–Crippen LogP) is 1.85. The Morgan fingerprint density at radius 2 is 1.97 bits per heavy atom. The molecule has 150 valence electrons. The SMILES string of the molecule is Nn1c(SCC(=O)NC[C@H]2COc3ccccc3O2)nnc1-c1ccc(F)cc1. The molecule has 1 aromatic heterocycles. The van der Waals surface area contributed by atoms with Gasteiger partial charge in [-0.25, -0.2) is 9.07 Å². The predicted molar refractivity (Wildman–Crippen MR) is 106 cm³/mol.